The number of nitrogens with one attached hydrogen (secondary N) is 1. The molecule has 3 N–H and O–H groups in total. The Morgan fingerprint density at radius 1 is 1.19 bits per heavy atom. The monoisotopic (exact) mass is 314 g/mol. The molecule has 0 bridgehead atoms. The van der Waals surface area contributed by atoms with Crippen molar-refractivity contribution in [2.45, 2.75) is 37.1 Å². The number of hydrogen-bond acceptors (Lipinski definition) is 5. The molecular weight excluding hydrogens is 292 g/mol. The first-order chi connectivity index (χ1) is 9.96. The molecule has 0 saturated carbocycles. The molecule has 7 heteroatoms. The van der Waals surface area contributed by atoms with Crippen LogP contribution in [0.4, 0.5) is 0 Å². The van der Waals surface area contributed by atoms with Crippen molar-refractivity contribution in [1.82, 2.24) is 4.72 Å². The van der Waals surface area contributed by atoms with Crippen LogP contribution in [0.15, 0.2) is 23.1 Å². The summed E-state index contributed by atoms with van der Waals surface area (Å²) in [6.45, 7) is 4.98. The van der Waals surface area contributed by atoms with Gasteiger partial charge in [0.05, 0.1) is 4.90 Å². The van der Waals surface area contributed by atoms with Crippen molar-refractivity contribution >= 4 is 10.0 Å². The summed E-state index contributed by atoms with van der Waals surface area (Å²) in [7, 11) is -3.65. The molecule has 1 aromatic rings. The highest BCUT2D eigenvalue weighted by Crippen LogP contribution is 2.32. The summed E-state index contributed by atoms with van der Waals surface area (Å²) in [4.78, 5) is 0.159. The molecule has 0 aliphatic carbocycles. The molecule has 1 heterocycles. The smallest absolute Gasteiger partial charge is 0.241 e. The van der Waals surface area contributed by atoms with Crippen molar-refractivity contribution < 1.29 is 17.9 Å². The lowest BCUT2D eigenvalue weighted by atomic mass is 9.95. The maximum Gasteiger partial charge on any atom is 0.241 e. The Kier molecular flexibility index (Phi) is 4.75. The van der Waals surface area contributed by atoms with Crippen LogP contribution < -0.4 is 19.9 Å². The van der Waals surface area contributed by atoms with E-state index in [0.29, 0.717) is 37.6 Å². The average Bonchev–Trinajstić information content (AvgIpc) is 2.52. The number of ether oxygens (including phenoxy) is 2. The largest absolute Gasteiger partial charge is 0.486 e. The van der Waals surface area contributed by atoms with E-state index in [4.69, 9.17) is 15.2 Å². The van der Waals surface area contributed by atoms with E-state index in [0.717, 1.165) is 0 Å². The van der Waals surface area contributed by atoms with Crippen molar-refractivity contribution in [3.8, 4) is 11.5 Å². The minimum absolute atomic E-state index is 0.159. The summed E-state index contributed by atoms with van der Waals surface area (Å²) < 4.78 is 38.6. The minimum Gasteiger partial charge on any atom is -0.486 e. The Bertz CT molecular complexity index is 589. The van der Waals surface area contributed by atoms with Crippen LogP contribution in [0.2, 0.25) is 0 Å². The fraction of sp³-hybridized carbons (Fsp3) is 0.571. The van der Waals surface area contributed by atoms with Gasteiger partial charge < -0.3 is 15.2 Å². The molecule has 6 nitrogen and oxygen atoms in total. The van der Waals surface area contributed by atoms with Gasteiger partial charge in [-0.25, -0.2) is 13.1 Å². The Labute approximate surface area is 125 Å². The maximum absolute atomic E-state index is 12.5. The van der Waals surface area contributed by atoms with Gasteiger partial charge in [-0.3, -0.25) is 0 Å². The molecule has 0 aromatic heterocycles. The second kappa shape index (κ2) is 6.21. The van der Waals surface area contributed by atoms with Gasteiger partial charge in [0, 0.05) is 18.2 Å². The lowest BCUT2D eigenvalue weighted by Gasteiger charge is -2.31. The van der Waals surface area contributed by atoms with E-state index in [-0.39, 0.29) is 11.4 Å². The molecule has 21 heavy (non-hydrogen) atoms. The van der Waals surface area contributed by atoms with Crippen LogP contribution in [-0.2, 0) is 10.0 Å². The highest BCUT2D eigenvalue weighted by Gasteiger charge is 2.31. The first kappa shape index (κ1) is 16.1. The standard InChI is InChI=1S/C14H22N2O4S/c1-3-14(4-2,10-15)16-21(17,18)11-5-6-12-13(9-11)20-8-7-19-12/h5-6,9,16H,3-4,7-8,10,15H2,1-2H3. The molecule has 0 fully saturated rings. The Morgan fingerprint density at radius 3 is 2.38 bits per heavy atom. The van der Waals surface area contributed by atoms with Crippen molar-refractivity contribution in [1.29, 1.82) is 0 Å². The predicted molar refractivity (Wildman–Crippen MR) is 80.1 cm³/mol. The third-order valence-electron chi connectivity index (χ3n) is 3.92. The first-order valence-electron chi connectivity index (χ1n) is 7.10. The first-order valence-corrected chi connectivity index (χ1v) is 8.58. The molecule has 0 unspecified atom stereocenters. The summed E-state index contributed by atoms with van der Waals surface area (Å²) in [5.41, 5.74) is 5.13. The topological polar surface area (TPSA) is 90.7 Å². The van der Waals surface area contributed by atoms with E-state index in [1.54, 1.807) is 6.07 Å². The molecule has 0 atom stereocenters. The summed E-state index contributed by atoms with van der Waals surface area (Å²) in [6.07, 6.45) is 1.26. The number of benzene rings is 1. The second-order valence-corrected chi connectivity index (χ2v) is 6.78. The van der Waals surface area contributed by atoms with E-state index < -0.39 is 15.6 Å². The Balaban J connectivity index is 2.31. The van der Waals surface area contributed by atoms with Gasteiger partial charge in [-0.05, 0) is 25.0 Å². The van der Waals surface area contributed by atoms with Crippen molar-refractivity contribution in [3.63, 3.8) is 0 Å². The van der Waals surface area contributed by atoms with Gasteiger partial charge in [0.25, 0.3) is 0 Å². The van der Waals surface area contributed by atoms with Crippen LogP contribution in [0, 0.1) is 0 Å². The zero-order chi connectivity index (χ0) is 15.5. The highest BCUT2D eigenvalue weighted by molar-refractivity contribution is 7.89. The SMILES string of the molecule is CCC(CC)(CN)NS(=O)(=O)c1ccc2c(c1)OCCO2. The highest BCUT2D eigenvalue weighted by atomic mass is 32.2. The number of nitrogens with two attached hydrogens (primary N) is 1. The Morgan fingerprint density at radius 2 is 1.81 bits per heavy atom. The molecule has 0 amide bonds. The number of rotatable bonds is 6. The van der Waals surface area contributed by atoms with Gasteiger partial charge in [-0.1, -0.05) is 13.8 Å². The van der Waals surface area contributed by atoms with Crippen LogP contribution in [0.25, 0.3) is 0 Å². The number of sulfonamides is 1. The van der Waals surface area contributed by atoms with Gasteiger partial charge in [0.15, 0.2) is 11.5 Å². The molecule has 1 aliphatic heterocycles. The van der Waals surface area contributed by atoms with Crippen LogP contribution in [-0.4, -0.2) is 33.7 Å². The molecule has 1 aliphatic rings. The Hall–Kier alpha value is -1.31. The normalized spacial score (nSPS) is 15.0. The summed E-state index contributed by atoms with van der Waals surface area (Å²) in [5, 5.41) is 0. The molecule has 0 saturated heterocycles. The summed E-state index contributed by atoms with van der Waals surface area (Å²) in [5.74, 6) is 1.02. The van der Waals surface area contributed by atoms with Gasteiger partial charge >= 0.3 is 0 Å². The lowest BCUT2D eigenvalue weighted by molar-refractivity contribution is 0.171. The van der Waals surface area contributed by atoms with Crippen molar-refractivity contribution in [2.24, 2.45) is 5.73 Å². The molecule has 1 aromatic carbocycles. The van der Waals surface area contributed by atoms with E-state index in [9.17, 15) is 8.42 Å². The molecule has 0 spiro atoms. The van der Waals surface area contributed by atoms with Crippen LogP contribution in [0.3, 0.4) is 0 Å². The average molecular weight is 314 g/mol. The van der Waals surface area contributed by atoms with E-state index in [1.807, 2.05) is 13.8 Å². The predicted octanol–water partition coefficient (Wildman–Crippen LogP) is 1.25. The number of fused-ring (bicyclic) bond motifs is 1. The molecule has 2 rings (SSSR count). The fourth-order valence-corrected chi connectivity index (χ4v) is 3.83. The van der Waals surface area contributed by atoms with Gasteiger partial charge in [-0.15, -0.1) is 0 Å². The minimum atomic E-state index is -3.65. The van der Waals surface area contributed by atoms with Crippen LogP contribution >= 0.6 is 0 Å². The molecular formula is C14H22N2O4S. The van der Waals surface area contributed by atoms with E-state index >= 15 is 0 Å². The zero-order valence-corrected chi connectivity index (χ0v) is 13.2. The van der Waals surface area contributed by atoms with E-state index in [1.165, 1.54) is 12.1 Å². The number of hydrogen-bond donors (Lipinski definition) is 2. The molecule has 0 radical (unpaired) electrons. The van der Waals surface area contributed by atoms with E-state index in [2.05, 4.69) is 4.72 Å². The van der Waals surface area contributed by atoms with Crippen LogP contribution in [0.5, 0.6) is 11.5 Å². The summed E-state index contributed by atoms with van der Waals surface area (Å²) >= 11 is 0. The third-order valence-corrected chi connectivity index (χ3v) is 5.50. The zero-order valence-electron chi connectivity index (χ0n) is 12.4. The van der Waals surface area contributed by atoms with Gasteiger partial charge in [-0.2, -0.15) is 0 Å². The quantitative estimate of drug-likeness (QED) is 0.825. The molecule has 118 valence electrons. The van der Waals surface area contributed by atoms with Crippen LogP contribution in [0.1, 0.15) is 26.7 Å². The second-order valence-electron chi connectivity index (χ2n) is 5.10. The summed E-state index contributed by atoms with van der Waals surface area (Å²) in [6, 6.07) is 4.62. The maximum atomic E-state index is 12.5. The fourth-order valence-electron chi connectivity index (χ4n) is 2.26. The lowest BCUT2D eigenvalue weighted by Crippen LogP contribution is -2.52. The van der Waals surface area contributed by atoms with Crippen molar-refractivity contribution in [2.75, 3.05) is 19.8 Å². The van der Waals surface area contributed by atoms with Crippen molar-refractivity contribution in [3.05, 3.63) is 18.2 Å². The van der Waals surface area contributed by atoms with Gasteiger partial charge in [0.1, 0.15) is 13.2 Å². The van der Waals surface area contributed by atoms with Gasteiger partial charge in [0.2, 0.25) is 10.0 Å². The third kappa shape index (κ3) is 3.30.